The molecule has 9 heteroatoms. The predicted octanol–water partition coefficient (Wildman–Crippen LogP) is 4.55. The van der Waals surface area contributed by atoms with Gasteiger partial charge in [0, 0.05) is 41.1 Å². The first-order valence-corrected chi connectivity index (χ1v) is 12.2. The number of aromatic amines is 1. The van der Waals surface area contributed by atoms with Crippen LogP contribution in [0.15, 0.2) is 54.7 Å². The maximum atomic E-state index is 13.6. The number of nitrogens with zero attached hydrogens (tertiary/aromatic N) is 3. The van der Waals surface area contributed by atoms with Crippen LogP contribution in [0.5, 0.6) is 0 Å². The second-order valence-electron chi connectivity index (χ2n) is 9.16. The van der Waals surface area contributed by atoms with E-state index in [0.717, 1.165) is 46.5 Å². The summed E-state index contributed by atoms with van der Waals surface area (Å²) in [5, 5.41) is 17.9. The number of aryl methyl sites for hydroxylation is 4. The van der Waals surface area contributed by atoms with Crippen molar-refractivity contribution >= 4 is 29.1 Å². The summed E-state index contributed by atoms with van der Waals surface area (Å²) in [5.74, 6) is -0.843. The van der Waals surface area contributed by atoms with Crippen molar-refractivity contribution in [1.82, 2.24) is 25.3 Å². The van der Waals surface area contributed by atoms with Gasteiger partial charge in [-0.15, -0.1) is 0 Å². The van der Waals surface area contributed by atoms with E-state index in [-0.39, 0.29) is 17.7 Å². The van der Waals surface area contributed by atoms with Gasteiger partial charge in [0.1, 0.15) is 11.7 Å². The zero-order valence-electron chi connectivity index (χ0n) is 20.3. The van der Waals surface area contributed by atoms with Gasteiger partial charge in [-0.2, -0.15) is 10.2 Å². The van der Waals surface area contributed by atoms with Crippen molar-refractivity contribution in [2.24, 2.45) is 7.05 Å². The molecule has 184 valence electrons. The molecule has 2 aromatic heterocycles. The van der Waals surface area contributed by atoms with Crippen LogP contribution in [0.4, 0.5) is 5.69 Å². The van der Waals surface area contributed by atoms with Gasteiger partial charge in [-0.3, -0.25) is 19.4 Å². The normalized spacial score (nSPS) is 15.4. The number of carbonyl (C=O) groups excluding carboxylic acids is 2. The van der Waals surface area contributed by atoms with Crippen LogP contribution in [0.2, 0.25) is 5.02 Å². The largest absolute Gasteiger partial charge is 0.338 e. The molecule has 0 saturated carbocycles. The van der Waals surface area contributed by atoms with Gasteiger partial charge >= 0.3 is 0 Å². The van der Waals surface area contributed by atoms with Gasteiger partial charge in [-0.25, -0.2) is 0 Å². The Morgan fingerprint density at radius 2 is 1.92 bits per heavy atom. The van der Waals surface area contributed by atoms with Gasteiger partial charge in [-0.1, -0.05) is 29.8 Å². The third kappa shape index (κ3) is 4.52. The average molecular weight is 503 g/mol. The van der Waals surface area contributed by atoms with E-state index in [0.29, 0.717) is 16.4 Å². The van der Waals surface area contributed by atoms with E-state index in [1.807, 2.05) is 56.3 Å². The summed E-state index contributed by atoms with van der Waals surface area (Å²) in [6, 6.07) is 14.2. The number of hydrogen-bond donors (Lipinski definition) is 3. The number of carbonyl (C=O) groups is 2. The van der Waals surface area contributed by atoms with Crippen LogP contribution >= 0.6 is 11.6 Å². The summed E-state index contributed by atoms with van der Waals surface area (Å²) in [7, 11) is 1.69. The molecule has 8 nitrogen and oxygen atoms in total. The van der Waals surface area contributed by atoms with Crippen molar-refractivity contribution in [3.63, 3.8) is 0 Å². The van der Waals surface area contributed by atoms with Crippen molar-refractivity contribution in [3.8, 4) is 11.1 Å². The fourth-order valence-electron chi connectivity index (χ4n) is 5.03. The van der Waals surface area contributed by atoms with Crippen LogP contribution in [-0.2, 0) is 18.3 Å². The molecule has 0 bridgehead atoms. The van der Waals surface area contributed by atoms with Crippen LogP contribution < -0.4 is 10.6 Å². The lowest BCUT2D eigenvalue weighted by Crippen LogP contribution is -2.47. The van der Waals surface area contributed by atoms with E-state index in [2.05, 4.69) is 25.9 Å². The first-order chi connectivity index (χ1) is 17.3. The van der Waals surface area contributed by atoms with Gasteiger partial charge in [0.25, 0.3) is 5.91 Å². The number of hydrogen-bond acceptors (Lipinski definition) is 4. The Bertz CT molecular complexity index is 1420. The minimum absolute atomic E-state index is 0.202. The summed E-state index contributed by atoms with van der Waals surface area (Å²) in [5.41, 5.74) is 7.13. The van der Waals surface area contributed by atoms with E-state index >= 15 is 0 Å². The van der Waals surface area contributed by atoms with E-state index in [9.17, 15) is 9.59 Å². The van der Waals surface area contributed by atoms with E-state index in [1.165, 1.54) is 4.68 Å². The van der Waals surface area contributed by atoms with Gasteiger partial charge in [-0.05, 0) is 73.7 Å². The summed E-state index contributed by atoms with van der Waals surface area (Å²) in [6.45, 7) is 3.93. The maximum Gasteiger partial charge on any atom is 0.270 e. The number of fused-ring (bicyclic) bond motifs is 1. The first-order valence-electron chi connectivity index (χ1n) is 11.8. The Kier molecular flexibility index (Phi) is 6.36. The Labute approximate surface area is 214 Å². The molecule has 2 amide bonds. The Morgan fingerprint density at radius 1 is 1.14 bits per heavy atom. The molecule has 0 aliphatic heterocycles. The minimum Gasteiger partial charge on any atom is -0.338 e. The first kappa shape index (κ1) is 23.8. The molecule has 0 saturated heterocycles. The highest BCUT2D eigenvalue weighted by molar-refractivity contribution is 6.30. The summed E-state index contributed by atoms with van der Waals surface area (Å²) >= 11 is 6.28. The van der Waals surface area contributed by atoms with Crippen LogP contribution in [-0.4, -0.2) is 37.8 Å². The van der Waals surface area contributed by atoms with E-state index < -0.39 is 6.04 Å². The van der Waals surface area contributed by atoms with Gasteiger partial charge < -0.3 is 10.6 Å². The van der Waals surface area contributed by atoms with Crippen molar-refractivity contribution in [1.29, 1.82) is 0 Å². The molecule has 0 unspecified atom stereocenters. The molecule has 36 heavy (non-hydrogen) atoms. The molecule has 4 aromatic rings. The van der Waals surface area contributed by atoms with Gasteiger partial charge in [0.2, 0.25) is 5.91 Å². The minimum atomic E-state index is -0.787. The van der Waals surface area contributed by atoms with Crippen molar-refractivity contribution < 1.29 is 9.59 Å². The molecule has 2 heterocycles. The number of nitrogens with one attached hydrogen (secondary N) is 3. The van der Waals surface area contributed by atoms with Crippen LogP contribution in [0, 0.1) is 13.8 Å². The topological polar surface area (TPSA) is 105 Å². The quantitative estimate of drug-likeness (QED) is 0.360. The zero-order valence-corrected chi connectivity index (χ0v) is 21.1. The highest BCUT2D eigenvalue weighted by atomic mass is 35.5. The van der Waals surface area contributed by atoms with Crippen LogP contribution in [0.3, 0.4) is 0 Å². The fourth-order valence-corrected chi connectivity index (χ4v) is 5.21. The lowest BCUT2D eigenvalue weighted by molar-refractivity contribution is -0.118. The number of H-pyrrole nitrogens is 1. The van der Waals surface area contributed by atoms with Crippen molar-refractivity contribution in [2.45, 2.75) is 38.6 Å². The Balaban J connectivity index is 1.41. The standard InChI is InChI=1S/C27H27ClN6O2/c1-15-24(16(2)33-32-15)18-5-9-20(10-6-18)30-27(36)25(31-26(35)23-12-13-29-34(23)3)21-11-7-17-4-8-19(28)14-22(17)21/h4-6,8-10,12-14,21,25H,7,11H2,1-3H3,(H,30,36)(H,31,35)(H,32,33)/t21-,25+/m1/s1. The third-order valence-corrected chi connectivity index (χ3v) is 7.06. The molecule has 1 aliphatic carbocycles. The number of benzene rings is 2. The molecule has 0 spiro atoms. The second-order valence-corrected chi connectivity index (χ2v) is 9.59. The van der Waals surface area contributed by atoms with Crippen LogP contribution in [0.25, 0.3) is 11.1 Å². The zero-order chi connectivity index (χ0) is 25.4. The number of anilines is 1. The molecule has 1 aliphatic rings. The third-order valence-electron chi connectivity index (χ3n) is 6.83. The van der Waals surface area contributed by atoms with E-state index in [4.69, 9.17) is 11.6 Å². The predicted molar refractivity (Wildman–Crippen MR) is 139 cm³/mol. The maximum absolute atomic E-state index is 13.6. The lowest BCUT2D eigenvalue weighted by atomic mass is 9.92. The molecule has 0 fully saturated rings. The van der Waals surface area contributed by atoms with Crippen molar-refractivity contribution in [3.05, 3.63) is 88.0 Å². The summed E-state index contributed by atoms with van der Waals surface area (Å²) < 4.78 is 1.49. The molecule has 0 radical (unpaired) electrons. The number of halogens is 1. The fraction of sp³-hybridized carbons (Fsp3) is 0.259. The van der Waals surface area contributed by atoms with Crippen molar-refractivity contribution in [2.75, 3.05) is 5.32 Å². The molecular formula is C27H27ClN6O2. The molecule has 3 N–H and O–H groups in total. The SMILES string of the molecule is Cc1n[nH]c(C)c1-c1ccc(NC(=O)[C@@H](NC(=O)c2ccnn2C)[C@@H]2CCc3ccc(Cl)cc32)cc1. The van der Waals surface area contributed by atoms with E-state index in [1.54, 1.807) is 19.3 Å². The second kappa shape index (κ2) is 9.62. The Hall–Kier alpha value is -3.91. The Morgan fingerprint density at radius 3 is 2.58 bits per heavy atom. The summed E-state index contributed by atoms with van der Waals surface area (Å²) in [6.07, 6.45) is 3.11. The molecule has 2 aromatic carbocycles. The molecular weight excluding hydrogens is 476 g/mol. The monoisotopic (exact) mass is 502 g/mol. The molecule has 2 atom stereocenters. The molecule has 5 rings (SSSR count). The highest BCUT2D eigenvalue weighted by Crippen LogP contribution is 2.37. The number of aromatic nitrogens is 4. The highest BCUT2D eigenvalue weighted by Gasteiger charge is 2.36. The van der Waals surface area contributed by atoms with Gasteiger partial charge in [0.15, 0.2) is 0 Å². The lowest BCUT2D eigenvalue weighted by Gasteiger charge is -2.25. The van der Waals surface area contributed by atoms with Gasteiger partial charge in [0.05, 0.1) is 5.69 Å². The van der Waals surface area contributed by atoms with Crippen LogP contribution in [0.1, 0.15) is 45.3 Å². The average Bonchev–Trinajstić information content (AvgIpc) is 3.56. The summed E-state index contributed by atoms with van der Waals surface area (Å²) in [4.78, 5) is 26.7. The number of amides is 2. The number of rotatable bonds is 6. The smallest absolute Gasteiger partial charge is 0.270 e.